The van der Waals surface area contributed by atoms with Crippen molar-refractivity contribution in [2.24, 2.45) is 0 Å². The molecule has 0 amide bonds. The SMILES string of the molecule is Cc1ccccc1CC1=CCCC1=O. The second-order valence-electron chi connectivity index (χ2n) is 3.79. The Morgan fingerprint density at radius 3 is 2.71 bits per heavy atom. The minimum atomic E-state index is 0.327. The number of rotatable bonds is 2. The maximum atomic E-state index is 11.4. The van der Waals surface area contributed by atoms with Gasteiger partial charge in [0.25, 0.3) is 0 Å². The Kier molecular flexibility index (Phi) is 2.49. The number of hydrogen-bond donors (Lipinski definition) is 0. The molecule has 1 aliphatic carbocycles. The van der Waals surface area contributed by atoms with Gasteiger partial charge in [-0.2, -0.15) is 0 Å². The van der Waals surface area contributed by atoms with Gasteiger partial charge in [0.15, 0.2) is 5.78 Å². The molecule has 0 saturated heterocycles. The van der Waals surface area contributed by atoms with Gasteiger partial charge < -0.3 is 0 Å². The van der Waals surface area contributed by atoms with Crippen LogP contribution in [0.15, 0.2) is 35.9 Å². The summed E-state index contributed by atoms with van der Waals surface area (Å²) in [7, 11) is 0. The van der Waals surface area contributed by atoms with Crippen LogP contribution in [0.5, 0.6) is 0 Å². The van der Waals surface area contributed by atoms with E-state index in [1.807, 2.05) is 12.1 Å². The first-order valence-electron chi connectivity index (χ1n) is 5.04. The first kappa shape index (κ1) is 9.20. The molecule has 1 aromatic rings. The summed E-state index contributed by atoms with van der Waals surface area (Å²) in [6, 6.07) is 8.25. The number of allylic oxidation sites excluding steroid dienone is 2. The third-order valence-electron chi connectivity index (χ3n) is 2.76. The van der Waals surface area contributed by atoms with Gasteiger partial charge in [0.1, 0.15) is 0 Å². The van der Waals surface area contributed by atoms with E-state index in [0.717, 1.165) is 18.4 Å². The van der Waals surface area contributed by atoms with Crippen molar-refractivity contribution in [3.05, 3.63) is 47.0 Å². The molecule has 0 spiro atoms. The quantitative estimate of drug-likeness (QED) is 0.694. The van der Waals surface area contributed by atoms with E-state index in [4.69, 9.17) is 0 Å². The number of Topliss-reactive ketones (excluding diaryl/α,β-unsaturated/α-hetero) is 1. The van der Waals surface area contributed by atoms with Crippen molar-refractivity contribution < 1.29 is 4.79 Å². The molecule has 1 aliphatic rings. The van der Waals surface area contributed by atoms with Crippen LogP contribution in [-0.2, 0) is 11.2 Å². The minimum absolute atomic E-state index is 0.327. The highest BCUT2D eigenvalue weighted by Crippen LogP contribution is 2.20. The van der Waals surface area contributed by atoms with E-state index in [9.17, 15) is 4.79 Å². The predicted molar refractivity (Wildman–Crippen MR) is 57.2 cm³/mol. The molecule has 0 atom stereocenters. The number of carbonyl (C=O) groups is 1. The largest absolute Gasteiger partial charge is 0.295 e. The van der Waals surface area contributed by atoms with Gasteiger partial charge in [-0.3, -0.25) is 4.79 Å². The first-order valence-corrected chi connectivity index (χ1v) is 5.04. The lowest BCUT2D eigenvalue weighted by Gasteiger charge is -2.04. The minimum Gasteiger partial charge on any atom is -0.295 e. The van der Waals surface area contributed by atoms with Crippen molar-refractivity contribution in [3.63, 3.8) is 0 Å². The Balaban J connectivity index is 2.19. The molecule has 1 aromatic carbocycles. The summed E-state index contributed by atoms with van der Waals surface area (Å²) in [6.07, 6.45) is 4.53. The third kappa shape index (κ3) is 1.77. The highest BCUT2D eigenvalue weighted by Gasteiger charge is 2.15. The zero-order chi connectivity index (χ0) is 9.97. The van der Waals surface area contributed by atoms with Gasteiger partial charge in [-0.25, -0.2) is 0 Å². The van der Waals surface area contributed by atoms with Gasteiger partial charge in [0.05, 0.1) is 0 Å². The Labute approximate surface area is 84.5 Å². The van der Waals surface area contributed by atoms with Crippen LogP contribution in [0.25, 0.3) is 0 Å². The van der Waals surface area contributed by atoms with Gasteiger partial charge in [-0.1, -0.05) is 30.3 Å². The van der Waals surface area contributed by atoms with E-state index in [2.05, 4.69) is 25.1 Å². The molecule has 1 heteroatoms. The molecule has 0 aromatic heterocycles. The van der Waals surface area contributed by atoms with Crippen LogP contribution in [-0.4, -0.2) is 5.78 Å². The topological polar surface area (TPSA) is 17.1 Å². The van der Waals surface area contributed by atoms with Crippen LogP contribution in [0.2, 0.25) is 0 Å². The highest BCUT2D eigenvalue weighted by atomic mass is 16.1. The van der Waals surface area contributed by atoms with E-state index in [1.165, 1.54) is 11.1 Å². The molecular formula is C13H14O. The zero-order valence-corrected chi connectivity index (χ0v) is 8.42. The Morgan fingerprint density at radius 2 is 2.07 bits per heavy atom. The molecule has 0 saturated carbocycles. The Bertz CT molecular complexity index is 388. The lowest BCUT2D eigenvalue weighted by molar-refractivity contribution is -0.115. The summed E-state index contributed by atoms with van der Waals surface area (Å²) in [5.74, 6) is 0.327. The Morgan fingerprint density at radius 1 is 1.29 bits per heavy atom. The zero-order valence-electron chi connectivity index (χ0n) is 8.42. The fourth-order valence-electron chi connectivity index (χ4n) is 1.84. The summed E-state index contributed by atoms with van der Waals surface area (Å²) in [5, 5.41) is 0. The normalized spacial score (nSPS) is 15.8. The van der Waals surface area contributed by atoms with Gasteiger partial charge in [-0.05, 0) is 30.0 Å². The third-order valence-corrected chi connectivity index (χ3v) is 2.76. The fourth-order valence-corrected chi connectivity index (χ4v) is 1.84. The molecule has 1 nitrogen and oxygen atoms in total. The molecular weight excluding hydrogens is 172 g/mol. The standard InChI is InChI=1S/C13H14O/c1-10-5-2-3-6-11(10)9-12-7-4-8-13(12)14/h2-3,5-7H,4,8-9H2,1H3. The first-order chi connectivity index (χ1) is 6.77. The van der Waals surface area contributed by atoms with Crippen molar-refractivity contribution in [1.29, 1.82) is 0 Å². The fraction of sp³-hybridized carbons (Fsp3) is 0.308. The molecule has 0 bridgehead atoms. The molecule has 72 valence electrons. The average Bonchev–Trinajstić information content (AvgIpc) is 2.56. The van der Waals surface area contributed by atoms with Crippen molar-refractivity contribution in [2.45, 2.75) is 26.2 Å². The van der Waals surface area contributed by atoms with Crippen LogP contribution in [0.3, 0.4) is 0 Å². The second kappa shape index (κ2) is 3.79. The van der Waals surface area contributed by atoms with Crippen molar-refractivity contribution in [3.8, 4) is 0 Å². The maximum Gasteiger partial charge on any atom is 0.159 e. The van der Waals surface area contributed by atoms with E-state index < -0.39 is 0 Å². The van der Waals surface area contributed by atoms with E-state index >= 15 is 0 Å². The van der Waals surface area contributed by atoms with Crippen LogP contribution in [0.1, 0.15) is 24.0 Å². The van der Waals surface area contributed by atoms with E-state index in [1.54, 1.807) is 0 Å². The van der Waals surface area contributed by atoms with Crippen LogP contribution >= 0.6 is 0 Å². The number of hydrogen-bond acceptors (Lipinski definition) is 1. The van der Waals surface area contributed by atoms with Crippen LogP contribution in [0.4, 0.5) is 0 Å². The predicted octanol–water partition coefficient (Wildman–Crippen LogP) is 2.83. The average molecular weight is 186 g/mol. The van der Waals surface area contributed by atoms with Crippen molar-refractivity contribution in [1.82, 2.24) is 0 Å². The van der Waals surface area contributed by atoms with E-state index in [-0.39, 0.29) is 0 Å². The van der Waals surface area contributed by atoms with Gasteiger partial charge in [0, 0.05) is 12.8 Å². The number of aryl methyl sites for hydroxylation is 1. The van der Waals surface area contributed by atoms with Crippen LogP contribution < -0.4 is 0 Å². The van der Waals surface area contributed by atoms with Crippen LogP contribution in [0, 0.1) is 6.92 Å². The molecule has 0 N–H and O–H groups in total. The summed E-state index contributed by atoms with van der Waals surface area (Å²) in [6.45, 7) is 2.09. The molecule has 2 rings (SSSR count). The monoisotopic (exact) mass is 186 g/mol. The summed E-state index contributed by atoms with van der Waals surface area (Å²) >= 11 is 0. The lowest BCUT2D eigenvalue weighted by atomic mass is 10.00. The molecule has 0 unspecified atom stereocenters. The number of carbonyl (C=O) groups excluding carboxylic acids is 1. The Hall–Kier alpha value is -1.37. The summed E-state index contributed by atoms with van der Waals surface area (Å²) in [4.78, 5) is 11.4. The maximum absolute atomic E-state index is 11.4. The van der Waals surface area contributed by atoms with Crippen molar-refractivity contribution >= 4 is 5.78 Å². The molecule has 0 radical (unpaired) electrons. The van der Waals surface area contributed by atoms with E-state index in [0.29, 0.717) is 12.2 Å². The summed E-state index contributed by atoms with van der Waals surface area (Å²) < 4.78 is 0. The molecule has 14 heavy (non-hydrogen) atoms. The molecule has 0 fully saturated rings. The highest BCUT2D eigenvalue weighted by molar-refractivity contribution is 5.97. The van der Waals surface area contributed by atoms with Crippen molar-refractivity contribution in [2.75, 3.05) is 0 Å². The van der Waals surface area contributed by atoms with Gasteiger partial charge in [-0.15, -0.1) is 0 Å². The number of benzene rings is 1. The lowest BCUT2D eigenvalue weighted by Crippen LogP contribution is -2.00. The smallest absolute Gasteiger partial charge is 0.159 e. The molecule has 0 heterocycles. The second-order valence-corrected chi connectivity index (χ2v) is 3.79. The van der Waals surface area contributed by atoms with Gasteiger partial charge >= 0.3 is 0 Å². The van der Waals surface area contributed by atoms with Gasteiger partial charge in [0.2, 0.25) is 0 Å². The molecule has 0 aliphatic heterocycles. The number of ketones is 1. The summed E-state index contributed by atoms with van der Waals surface area (Å²) in [5.41, 5.74) is 3.54.